The third-order valence-electron chi connectivity index (χ3n) is 4.03. The van der Waals surface area contributed by atoms with E-state index >= 15 is 0 Å². The fourth-order valence-electron chi connectivity index (χ4n) is 2.69. The average molecular weight is 314 g/mol. The molecule has 2 fully saturated rings. The molecule has 0 spiro atoms. The van der Waals surface area contributed by atoms with Crippen molar-refractivity contribution in [1.29, 1.82) is 0 Å². The molecule has 1 aromatic heterocycles. The van der Waals surface area contributed by atoms with Gasteiger partial charge in [-0.3, -0.25) is 0 Å². The molecule has 116 valence electrons. The van der Waals surface area contributed by atoms with Crippen LogP contribution in [0.4, 0.5) is 11.9 Å². The number of anilines is 2. The van der Waals surface area contributed by atoms with Crippen molar-refractivity contribution in [2.45, 2.75) is 12.8 Å². The van der Waals surface area contributed by atoms with Crippen molar-refractivity contribution in [3.8, 4) is 0 Å². The SMILES string of the molecule is OCC1CCN(c2nc(Cl)nc(N3CCOCC3)n2)CC1. The molecular formula is C13H20ClN5O2. The summed E-state index contributed by atoms with van der Waals surface area (Å²) in [7, 11) is 0. The zero-order valence-corrected chi connectivity index (χ0v) is 12.7. The summed E-state index contributed by atoms with van der Waals surface area (Å²) in [6.45, 7) is 4.84. The van der Waals surface area contributed by atoms with Gasteiger partial charge in [0.1, 0.15) is 0 Å². The van der Waals surface area contributed by atoms with Crippen molar-refractivity contribution in [1.82, 2.24) is 15.0 Å². The Balaban J connectivity index is 1.74. The van der Waals surface area contributed by atoms with E-state index in [-0.39, 0.29) is 11.9 Å². The molecule has 21 heavy (non-hydrogen) atoms. The molecule has 0 bridgehead atoms. The van der Waals surface area contributed by atoms with Gasteiger partial charge in [-0.1, -0.05) is 0 Å². The molecule has 0 atom stereocenters. The minimum atomic E-state index is 0.228. The molecular weight excluding hydrogens is 294 g/mol. The number of hydrogen-bond acceptors (Lipinski definition) is 7. The van der Waals surface area contributed by atoms with Crippen molar-refractivity contribution in [3.05, 3.63) is 5.28 Å². The van der Waals surface area contributed by atoms with Crippen LogP contribution < -0.4 is 9.80 Å². The van der Waals surface area contributed by atoms with Gasteiger partial charge >= 0.3 is 0 Å². The lowest BCUT2D eigenvalue weighted by Gasteiger charge is -2.32. The highest BCUT2D eigenvalue weighted by Crippen LogP contribution is 2.23. The van der Waals surface area contributed by atoms with Crippen molar-refractivity contribution < 1.29 is 9.84 Å². The minimum Gasteiger partial charge on any atom is -0.396 e. The van der Waals surface area contributed by atoms with Crippen molar-refractivity contribution in [2.24, 2.45) is 5.92 Å². The predicted molar refractivity (Wildman–Crippen MR) is 79.9 cm³/mol. The van der Waals surface area contributed by atoms with E-state index in [1.54, 1.807) is 0 Å². The van der Waals surface area contributed by atoms with E-state index < -0.39 is 0 Å². The molecule has 0 aromatic carbocycles. The van der Waals surface area contributed by atoms with E-state index in [4.69, 9.17) is 16.3 Å². The van der Waals surface area contributed by atoms with Crippen LogP contribution in [0.25, 0.3) is 0 Å². The third-order valence-corrected chi connectivity index (χ3v) is 4.20. The van der Waals surface area contributed by atoms with Crippen molar-refractivity contribution in [2.75, 3.05) is 55.8 Å². The number of hydrogen-bond donors (Lipinski definition) is 1. The van der Waals surface area contributed by atoms with Crippen LogP contribution in [-0.4, -0.2) is 66.1 Å². The van der Waals surface area contributed by atoms with Crippen molar-refractivity contribution >= 4 is 23.5 Å². The topological polar surface area (TPSA) is 74.6 Å². The maximum absolute atomic E-state index is 9.21. The monoisotopic (exact) mass is 313 g/mol. The van der Waals surface area contributed by atoms with E-state index in [9.17, 15) is 5.11 Å². The third kappa shape index (κ3) is 3.53. The van der Waals surface area contributed by atoms with Gasteiger partial charge in [0.15, 0.2) is 0 Å². The maximum Gasteiger partial charge on any atom is 0.231 e. The van der Waals surface area contributed by atoms with Gasteiger partial charge in [0.25, 0.3) is 0 Å². The molecule has 3 heterocycles. The highest BCUT2D eigenvalue weighted by molar-refractivity contribution is 6.28. The van der Waals surface area contributed by atoms with Crippen LogP contribution in [0, 0.1) is 5.92 Å². The summed E-state index contributed by atoms with van der Waals surface area (Å²) in [5, 5.41) is 9.43. The Kier molecular flexibility index (Phi) is 4.72. The number of nitrogens with zero attached hydrogens (tertiary/aromatic N) is 5. The van der Waals surface area contributed by atoms with Gasteiger partial charge in [0, 0.05) is 32.8 Å². The summed E-state index contributed by atoms with van der Waals surface area (Å²) in [4.78, 5) is 17.2. The van der Waals surface area contributed by atoms with Crippen LogP contribution in [0.2, 0.25) is 5.28 Å². The summed E-state index contributed by atoms with van der Waals surface area (Å²) in [5.74, 6) is 1.64. The van der Waals surface area contributed by atoms with Crippen LogP contribution in [-0.2, 0) is 4.74 Å². The lowest BCUT2D eigenvalue weighted by atomic mass is 9.98. The quantitative estimate of drug-likeness (QED) is 0.874. The van der Waals surface area contributed by atoms with Crippen LogP contribution >= 0.6 is 11.6 Å². The molecule has 0 aliphatic carbocycles. The van der Waals surface area contributed by atoms with Gasteiger partial charge in [-0.2, -0.15) is 15.0 Å². The highest BCUT2D eigenvalue weighted by atomic mass is 35.5. The second kappa shape index (κ2) is 6.72. The maximum atomic E-state index is 9.21. The standard InChI is InChI=1S/C13H20ClN5O2/c14-11-15-12(18-3-1-10(9-20)2-4-18)17-13(16-11)19-5-7-21-8-6-19/h10,20H,1-9H2. The minimum absolute atomic E-state index is 0.228. The van der Waals surface area contributed by atoms with Crippen LogP contribution in [0.5, 0.6) is 0 Å². The van der Waals surface area contributed by atoms with E-state index in [0.29, 0.717) is 31.0 Å². The molecule has 0 unspecified atom stereocenters. The second-order valence-corrected chi connectivity index (χ2v) is 5.75. The summed E-state index contributed by atoms with van der Waals surface area (Å²) < 4.78 is 5.34. The summed E-state index contributed by atoms with van der Waals surface area (Å²) >= 11 is 6.06. The largest absolute Gasteiger partial charge is 0.396 e. The number of aliphatic hydroxyl groups is 1. The first-order chi connectivity index (χ1) is 10.3. The van der Waals surface area contributed by atoms with Gasteiger partial charge in [0.2, 0.25) is 17.2 Å². The van der Waals surface area contributed by atoms with Crippen molar-refractivity contribution in [3.63, 3.8) is 0 Å². The van der Waals surface area contributed by atoms with Gasteiger partial charge in [-0.25, -0.2) is 0 Å². The number of aliphatic hydroxyl groups excluding tert-OH is 1. The Labute approximate surface area is 128 Å². The first kappa shape index (κ1) is 14.7. The molecule has 2 aliphatic heterocycles. The molecule has 2 aliphatic rings. The molecule has 8 heteroatoms. The highest BCUT2D eigenvalue weighted by Gasteiger charge is 2.23. The number of rotatable bonds is 3. The fourth-order valence-corrected chi connectivity index (χ4v) is 2.84. The summed E-state index contributed by atoms with van der Waals surface area (Å²) in [5.41, 5.74) is 0. The fraction of sp³-hybridized carbons (Fsp3) is 0.769. The predicted octanol–water partition coefficient (Wildman–Crippen LogP) is 0.570. The zero-order chi connectivity index (χ0) is 14.7. The molecule has 1 N–H and O–H groups in total. The average Bonchev–Trinajstić information content (AvgIpc) is 2.55. The zero-order valence-electron chi connectivity index (χ0n) is 11.9. The Morgan fingerprint density at radius 3 is 2.14 bits per heavy atom. The van der Waals surface area contributed by atoms with Gasteiger partial charge in [0.05, 0.1) is 13.2 Å². The molecule has 0 saturated carbocycles. The molecule has 3 rings (SSSR count). The Bertz CT molecular complexity index is 476. The van der Waals surface area contributed by atoms with Crippen LogP contribution in [0.15, 0.2) is 0 Å². The van der Waals surface area contributed by atoms with E-state index in [2.05, 4.69) is 24.8 Å². The summed E-state index contributed by atoms with van der Waals surface area (Å²) in [6.07, 6.45) is 1.90. The Morgan fingerprint density at radius 1 is 1.00 bits per heavy atom. The number of piperidine rings is 1. The van der Waals surface area contributed by atoms with Crippen LogP contribution in [0.1, 0.15) is 12.8 Å². The summed E-state index contributed by atoms with van der Waals surface area (Å²) in [6, 6.07) is 0. The molecule has 0 radical (unpaired) electrons. The first-order valence-corrected chi connectivity index (χ1v) is 7.74. The van der Waals surface area contributed by atoms with Gasteiger partial charge in [-0.05, 0) is 30.4 Å². The molecule has 1 aromatic rings. The number of aromatic nitrogens is 3. The molecule has 7 nitrogen and oxygen atoms in total. The van der Waals surface area contributed by atoms with Crippen LogP contribution in [0.3, 0.4) is 0 Å². The second-order valence-electron chi connectivity index (χ2n) is 5.42. The number of ether oxygens (including phenoxy) is 1. The smallest absolute Gasteiger partial charge is 0.231 e. The molecule has 0 amide bonds. The normalized spacial score (nSPS) is 20.9. The lowest BCUT2D eigenvalue weighted by Crippen LogP contribution is -2.39. The van der Waals surface area contributed by atoms with E-state index in [0.717, 1.165) is 39.0 Å². The number of halogens is 1. The van der Waals surface area contributed by atoms with E-state index in [1.165, 1.54) is 0 Å². The first-order valence-electron chi connectivity index (χ1n) is 7.36. The Hall–Kier alpha value is -1.18. The molecule has 2 saturated heterocycles. The van der Waals surface area contributed by atoms with Gasteiger partial charge in [-0.15, -0.1) is 0 Å². The van der Waals surface area contributed by atoms with Gasteiger partial charge < -0.3 is 19.6 Å². The lowest BCUT2D eigenvalue weighted by molar-refractivity contribution is 0.122. The van der Waals surface area contributed by atoms with E-state index in [1.807, 2.05) is 0 Å². The number of morpholine rings is 1. The Morgan fingerprint density at radius 2 is 1.57 bits per heavy atom.